The van der Waals surface area contributed by atoms with Gasteiger partial charge in [-0.25, -0.2) is 0 Å². The molecule has 2 atom stereocenters. The van der Waals surface area contributed by atoms with E-state index in [4.69, 9.17) is 10.5 Å². The number of hydrogen-bond donors (Lipinski definition) is 1. The van der Waals surface area contributed by atoms with Crippen molar-refractivity contribution >= 4 is 5.91 Å². The molecular formula is C16H22N2O2. The van der Waals surface area contributed by atoms with Crippen molar-refractivity contribution in [3.63, 3.8) is 0 Å². The molecule has 1 unspecified atom stereocenters. The van der Waals surface area contributed by atoms with Gasteiger partial charge in [0.1, 0.15) is 6.04 Å². The van der Waals surface area contributed by atoms with E-state index in [0.717, 1.165) is 44.6 Å². The van der Waals surface area contributed by atoms with Crippen molar-refractivity contribution in [1.82, 2.24) is 4.90 Å². The lowest BCUT2D eigenvalue weighted by atomic mass is 10.0. The lowest BCUT2D eigenvalue weighted by molar-refractivity contribution is -0.134. The average Bonchev–Trinajstić information content (AvgIpc) is 3.21. The van der Waals surface area contributed by atoms with Crippen molar-refractivity contribution in [2.75, 3.05) is 19.8 Å². The van der Waals surface area contributed by atoms with E-state index in [1.165, 1.54) is 0 Å². The monoisotopic (exact) mass is 274 g/mol. The highest BCUT2D eigenvalue weighted by Gasteiger charge is 2.36. The standard InChI is InChI=1S/C16H22N2O2/c17-15(13-4-2-1-3-5-13)16(19)18(14-6-7-14)10-12-8-9-20-11-12/h1-5,12,14-15H,6-11,17H2/t12?,15-/m1/s1. The van der Waals surface area contributed by atoms with Crippen LogP contribution in [0.25, 0.3) is 0 Å². The molecule has 3 rings (SSSR count). The topological polar surface area (TPSA) is 55.6 Å². The average molecular weight is 274 g/mol. The lowest BCUT2D eigenvalue weighted by Crippen LogP contribution is -2.42. The Morgan fingerprint density at radius 2 is 2.05 bits per heavy atom. The van der Waals surface area contributed by atoms with Crippen molar-refractivity contribution in [3.05, 3.63) is 35.9 Å². The van der Waals surface area contributed by atoms with Crippen LogP contribution in [-0.4, -0.2) is 36.6 Å². The Balaban J connectivity index is 1.68. The fourth-order valence-electron chi connectivity index (χ4n) is 2.79. The highest BCUT2D eigenvalue weighted by molar-refractivity contribution is 5.83. The van der Waals surface area contributed by atoms with Gasteiger partial charge in [0, 0.05) is 25.1 Å². The first kappa shape index (κ1) is 13.6. The molecule has 1 amide bonds. The summed E-state index contributed by atoms with van der Waals surface area (Å²) in [6, 6.07) is 9.49. The molecule has 2 N–H and O–H groups in total. The first-order valence-corrected chi connectivity index (χ1v) is 7.44. The maximum Gasteiger partial charge on any atom is 0.244 e. The van der Waals surface area contributed by atoms with Gasteiger partial charge in [0.15, 0.2) is 0 Å². The fraction of sp³-hybridized carbons (Fsp3) is 0.562. The number of rotatable bonds is 5. The minimum Gasteiger partial charge on any atom is -0.381 e. The van der Waals surface area contributed by atoms with Crippen LogP contribution in [0.1, 0.15) is 30.9 Å². The fourth-order valence-corrected chi connectivity index (χ4v) is 2.79. The molecule has 2 fully saturated rings. The van der Waals surface area contributed by atoms with E-state index in [1.807, 2.05) is 35.2 Å². The number of amides is 1. The van der Waals surface area contributed by atoms with Gasteiger partial charge in [-0.15, -0.1) is 0 Å². The summed E-state index contributed by atoms with van der Waals surface area (Å²) in [6.45, 7) is 2.39. The molecule has 0 bridgehead atoms. The maximum atomic E-state index is 12.7. The molecule has 1 heterocycles. The van der Waals surface area contributed by atoms with E-state index in [0.29, 0.717) is 12.0 Å². The molecule has 0 spiro atoms. The van der Waals surface area contributed by atoms with Gasteiger partial charge in [0.2, 0.25) is 5.91 Å². The summed E-state index contributed by atoms with van der Waals surface area (Å²) in [4.78, 5) is 14.7. The molecule has 0 aromatic heterocycles. The van der Waals surface area contributed by atoms with Crippen molar-refractivity contribution in [2.24, 2.45) is 11.7 Å². The normalized spacial score (nSPS) is 23.6. The SMILES string of the molecule is N[C@@H](C(=O)N(CC1CCOC1)C1CC1)c1ccccc1. The van der Waals surface area contributed by atoms with Crippen LogP contribution >= 0.6 is 0 Å². The quantitative estimate of drug-likeness (QED) is 0.889. The van der Waals surface area contributed by atoms with Crippen LogP contribution in [0.15, 0.2) is 30.3 Å². The largest absolute Gasteiger partial charge is 0.381 e. The summed E-state index contributed by atoms with van der Waals surface area (Å²) in [5, 5.41) is 0. The minimum absolute atomic E-state index is 0.0607. The highest BCUT2D eigenvalue weighted by atomic mass is 16.5. The number of hydrogen-bond acceptors (Lipinski definition) is 3. The Hall–Kier alpha value is -1.39. The molecule has 108 valence electrons. The van der Waals surface area contributed by atoms with Gasteiger partial charge in [-0.1, -0.05) is 30.3 Å². The van der Waals surface area contributed by atoms with Crippen LogP contribution in [0.3, 0.4) is 0 Å². The second kappa shape index (κ2) is 5.94. The van der Waals surface area contributed by atoms with Crippen LogP contribution in [0.2, 0.25) is 0 Å². The molecule has 1 saturated carbocycles. The molecule has 2 aliphatic rings. The van der Waals surface area contributed by atoms with Crippen molar-refractivity contribution in [3.8, 4) is 0 Å². The van der Waals surface area contributed by atoms with E-state index in [1.54, 1.807) is 0 Å². The van der Waals surface area contributed by atoms with Gasteiger partial charge in [-0.3, -0.25) is 4.79 Å². The Morgan fingerprint density at radius 3 is 2.65 bits per heavy atom. The Bertz CT molecular complexity index is 453. The van der Waals surface area contributed by atoms with Gasteiger partial charge in [0.05, 0.1) is 6.61 Å². The first-order chi connectivity index (χ1) is 9.75. The summed E-state index contributed by atoms with van der Waals surface area (Å²) < 4.78 is 5.41. The number of benzene rings is 1. The van der Waals surface area contributed by atoms with Gasteiger partial charge < -0.3 is 15.4 Å². The maximum absolute atomic E-state index is 12.7. The zero-order valence-corrected chi connectivity index (χ0v) is 11.7. The van der Waals surface area contributed by atoms with E-state index in [-0.39, 0.29) is 5.91 Å². The van der Waals surface area contributed by atoms with Crippen LogP contribution in [0.5, 0.6) is 0 Å². The summed E-state index contributed by atoms with van der Waals surface area (Å²) in [6.07, 6.45) is 3.28. The molecular weight excluding hydrogens is 252 g/mol. The Morgan fingerprint density at radius 1 is 1.30 bits per heavy atom. The summed E-state index contributed by atoms with van der Waals surface area (Å²) >= 11 is 0. The first-order valence-electron chi connectivity index (χ1n) is 7.44. The van der Waals surface area contributed by atoms with Crippen LogP contribution in [0.4, 0.5) is 0 Å². The van der Waals surface area contributed by atoms with Crippen molar-refractivity contribution in [1.29, 1.82) is 0 Å². The molecule has 1 saturated heterocycles. The Labute approximate surface area is 119 Å². The van der Waals surface area contributed by atoms with Gasteiger partial charge >= 0.3 is 0 Å². The second-order valence-electron chi connectivity index (χ2n) is 5.84. The predicted octanol–water partition coefficient (Wildman–Crippen LogP) is 1.71. The number of carbonyl (C=O) groups excluding carboxylic acids is 1. The zero-order chi connectivity index (χ0) is 13.9. The third-order valence-corrected chi connectivity index (χ3v) is 4.17. The smallest absolute Gasteiger partial charge is 0.244 e. The van der Waals surface area contributed by atoms with E-state index >= 15 is 0 Å². The molecule has 1 aliphatic carbocycles. The van der Waals surface area contributed by atoms with Crippen molar-refractivity contribution in [2.45, 2.75) is 31.3 Å². The number of nitrogens with zero attached hydrogens (tertiary/aromatic N) is 1. The molecule has 20 heavy (non-hydrogen) atoms. The third-order valence-electron chi connectivity index (χ3n) is 4.17. The minimum atomic E-state index is -0.542. The van der Waals surface area contributed by atoms with Crippen LogP contribution in [0, 0.1) is 5.92 Å². The van der Waals surface area contributed by atoms with E-state index in [2.05, 4.69) is 0 Å². The molecule has 4 nitrogen and oxygen atoms in total. The second-order valence-corrected chi connectivity index (χ2v) is 5.84. The van der Waals surface area contributed by atoms with E-state index < -0.39 is 6.04 Å². The third kappa shape index (κ3) is 3.02. The summed E-state index contributed by atoms with van der Waals surface area (Å²) in [5.41, 5.74) is 7.05. The van der Waals surface area contributed by atoms with Crippen LogP contribution < -0.4 is 5.73 Å². The predicted molar refractivity (Wildman–Crippen MR) is 77.0 cm³/mol. The Kier molecular flexibility index (Phi) is 4.03. The molecule has 1 aromatic rings. The highest BCUT2D eigenvalue weighted by Crippen LogP contribution is 2.31. The molecule has 1 aliphatic heterocycles. The lowest BCUT2D eigenvalue weighted by Gasteiger charge is -2.28. The van der Waals surface area contributed by atoms with Crippen molar-refractivity contribution < 1.29 is 9.53 Å². The van der Waals surface area contributed by atoms with Gasteiger partial charge in [-0.05, 0) is 24.8 Å². The van der Waals surface area contributed by atoms with Gasteiger partial charge in [0.25, 0.3) is 0 Å². The van der Waals surface area contributed by atoms with E-state index in [9.17, 15) is 4.79 Å². The summed E-state index contributed by atoms with van der Waals surface area (Å²) in [5.74, 6) is 0.535. The summed E-state index contributed by atoms with van der Waals surface area (Å²) in [7, 11) is 0. The molecule has 4 heteroatoms. The molecule has 0 radical (unpaired) electrons. The molecule has 1 aromatic carbocycles. The number of carbonyl (C=O) groups is 1. The van der Waals surface area contributed by atoms with Crippen LogP contribution in [-0.2, 0) is 9.53 Å². The number of ether oxygens (including phenoxy) is 1. The zero-order valence-electron chi connectivity index (χ0n) is 11.7. The van der Waals surface area contributed by atoms with Gasteiger partial charge in [-0.2, -0.15) is 0 Å². The number of nitrogens with two attached hydrogens (primary N) is 1.